The first-order chi connectivity index (χ1) is 11.5. The zero-order chi connectivity index (χ0) is 17.3. The normalized spacial score (nSPS) is 12.6. The number of nitrogens with two attached hydrogens (primary N) is 1. The van der Waals surface area contributed by atoms with Crippen molar-refractivity contribution in [2.45, 2.75) is 25.8 Å². The summed E-state index contributed by atoms with van der Waals surface area (Å²) >= 11 is 0. The molecular formula is C19H21FN4. The van der Waals surface area contributed by atoms with Crippen molar-refractivity contribution in [3.63, 3.8) is 0 Å². The van der Waals surface area contributed by atoms with Gasteiger partial charge in [-0.05, 0) is 29.7 Å². The highest BCUT2D eigenvalue weighted by molar-refractivity contribution is 5.60. The quantitative estimate of drug-likeness (QED) is 0.743. The molecule has 24 heavy (non-hydrogen) atoms. The zero-order valence-electron chi connectivity index (χ0n) is 14.1. The fourth-order valence-corrected chi connectivity index (χ4v) is 2.78. The first kappa shape index (κ1) is 16.3. The van der Waals surface area contributed by atoms with Crippen LogP contribution in [0.25, 0.3) is 11.3 Å². The average molecular weight is 324 g/mol. The standard InChI is InChI=1S/C19H21FN4/c1-12(2)15-7-8-16(23-19(15)20)18(21)14-6-4-5-13(11-14)17-9-10-22-24(17)3/h4-12,18H,21H2,1-3H3. The Morgan fingerprint density at radius 1 is 1.12 bits per heavy atom. The molecule has 5 heteroatoms. The summed E-state index contributed by atoms with van der Waals surface area (Å²) in [6.45, 7) is 3.88. The van der Waals surface area contributed by atoms with Crippen molar-refractivity contribution < 1.29 is 4.39 Å². The molecule has 0 saturated heterocycles. The van der Waals surface area contributed by atoms with Gasteiger partial charge in [0.25, 0.3) is 0 Å². The van der Waals surface area contributed by atoms with E-state index in [9.17, 15) is 4.39 Å². The van der Waals surface area contributed by atoms with Crippen molar-refractivity contribution in [1.29, 1.82) is 0 Å². The summed E-state index contributed by atoms with van der Waals surface area (Å²) in [4.78, 5) is 4.07. The topological polar surface area (TPSA) is 56.7 Å². The van der Waals surface area contributed by atoms with Gasteiger partial charge in [0.2, 0.25) is 5.95 Å². The van der Waals surface area contributed by atoms with Gasteiger partial charge >= 0.3 is 0 Å². The Morgan fingerprint density at radius 3 is 2.54 bits per heavy atom. The van der Waals surface area contributed by atoms with Gasteiger partial charge in [-0.25, -0.2) is 4.98 Å². The Balaban J connectivity index is 1.95. The van der Waals surface area contributed by atoms with Crippen molar-refractivity contribution in [1.82, 2.24) is 14.8 Å². The molecule has 0 spiro atoms. The molecule has 1 unspecified atom stereocenters. The highest BCUT2D eigenvalue weighted by Crippen LogP contribution is 2.26. The first-order valence-corrected chi connectivity index (χ1v) is 7.97. The molecule has 2 N–H and O–H groups in total. The molecule has 0 bridgehead atoms. The lowest BCUT2D eigenvalue weighted by Gasteiger charge is -2.15. The number of pyridine rings is 1. The van der Waals surface area contributed by atoms with Crippen LogP contribution in [0.1, 0.15) is 42.6 Å². The van der Waals surface area contributed by atoms with Crippen molar-refractivity contribution in [2.75, 3.05) is 0 Å². The van der Waals surface area contributed by atoms with Crippen molar-refractivity contribution in [3.05, 3.63) is 71.4 Å². The van der Waals surface area contributed by atoms with E-state index < -0.39 is 12.0 Å². The van der Waals surface area contributed by atoms with E-state index in [0.29, 0.717) is 11.3 Å². The van der Waals surface area contributed by atoms with Crippen molar-refractivity contribution in [2.24, 2.45) is 12.8 Å². The lowest BCUT2D eigenvalue weighted by Crippen LogP contribution is -2.15. The van der Waals surface area contributed by atoms with E-state index in [2.05, 4.69) is 10.1 Å². The largest absolute Gasteiger partial charge is 0.319 e. The van der Waals surface area contributed by atoms with Crippen LogP contribution in [0.4, 0.5) is 4.39 Å². The highest BCUT2D eigenvalue weighted by Gasteiger charge is 2.15. The van der Waals surface area contributed by atoms with Crippen LogP contribution in [0.3, 0.4) is 0 Å². The minimum absolute atomic E-state index is 0.0935. The lowest BCUT2D eigenvalue weighted by atomic mass is 9.99. The minimum atomic E-state index is -0.478. The van der Waals surface area contributed by atoms with Gasteiger partial charge in [-0.2, -0.15) is 9.49 Å². The summed E-state index contributed by atoms with van der Waals surface area (Å²) in [6.07, 6.45) is 1.75. The second-order valence-corrected chi connectivity index (χ2v) is 6.21. The molecule has 3 rings (SSSR count). The molecule has 0 amide bonds. The molecule has 1 aromatic carbocycles. The minimum Gasteiger partial charge on any atom is -0.319 e. The molecule has 0 saturated carbocycles. The Hall–Kier alpha value is -2.53. The fourth-order valence-electron chi connectivity index (χ4n) is 2.78. The number of hydrogen-bond acceptors (Lipinski definition) is 3. The van der Waals surface area contributed by atoms with Crippen LogP contribution in [0.5, 0.6) is 0 Å². The van der Waals surface area contributed by atoms with E-state index in [4.69, 9.17) is 5.73 Å². The van der Waals surface area contributed by atoms with Gasteiger partial charge in [0, 0.05) is 24.4 Å². The molecule has 0 radical (unpaired) electrons. The van der Waals surface area contributed by atoms with Gasteiger partial charge in [0.15, 0.2) is 0 Å². The van der Waals surface area contributed by atoms with Crippen LogP contribution in [-0.2, 0) is 7.05 Å². The van der Waals surface area contributed by atoms with E-state index in [1.807, 2.05) is 51.2 Å². The number of halogens is 1. The lowest BCUT2D eigenvalue weighted by molar-refractivity contribution is 0.546. The summed E-state index contributed by atoms with van der Waals surface area (Å²) < 4.78 is 16.0. The number of rotatable bonds is 4. The molecule has 0 aliphatic heterocycles. The zero-order valence-corrected chi connectivity index (χ0v) is 14.1. The van der Waals surface area contributed by atoms with Gasteiger partial charge in [-0.15, -0.1) is 0 Å². The third kappa shape index (κ3) is 3.08. The smallest absolute Gasteiger partial charge is 0.216 e. The van der Waals surface area contributed by atoms with Gasteiger partial charge in [0.1, 0.15) is 0 Å². The number of aromatic nitrogens is 3. The van der Waals surface area contributed by atoms with Crippen LogP contribution >= 0.6 is 0 Å². The van der Waals surface area contributed by atoms with Crippen LogP contribution < -0.4 is 5.73 Å². The second kappa shape index (κ2) is 6.53. The SMILES string of the molecule is CC(C)c1ccc(C(N)c2cccc(-c3ccnn3C)c2)nc1F. The summed E-state index contributed by atoms with van der Waals surface area (Å²) in [5, 5.41) is 4.19. The maximum atomic E-state index is 14.2. The molecule has 1 atom stereocenters. The van der Waals surface area contributed by atoms with E-state index in [1.54, 1.807) is 23.0 Å². The van der Waals surface area contributed by atoms with Gasteiger partial charge in [-0.1, -0.05) is 38.1 Å². The number of hydrogen-bond donors (Lipinski definition) is 1. The number of aryl methyl sites for hydroxylation is 1. The maximum absolute atomic E-state index is 14.2. The average Bonchev–Trinajstić information content (AvgIpc) is 3.00. The summed E-state index contributed by atoms with van der Waals surface area (Å²) in [7, 11) is 1.89. The molecule has 3 aromatic rings. The molecule has 0 aliphatic rings. The molecule has 0 aliphatic carbocycles. The van der Waals surface area contributed by atoms with Crippen LogP contribution in [0.2, 0.25) is 0 Å². The Morgan fingerprint density at radius 2 is 1.92 bits per heavy atom. The monoisotopic (exact) mass is 324 g/mol. The van der Waals surface area contributed by atoms with E-state index in [-0.39, 0.29) is 5.92 Å². The Labute approximate surface area is 141 Å². The van der Waals surface area contributed by atoms with Crippen molar-refractivity contribution >= 4 is 0 Å². The Kier molecular flexibility index (Phi) is 4.44. The molecule has 4 nitrogen and oxygen atoms in total. The molecular weight excluding hydrogens is 303 g/mol. The van der Waals surface area contributed by atoms with Crippen LogP contribution in [0, 0.1) is 5.95 Å². The van der Waals surface area contributed by atoms with E-state index in [1.165, 1.54) is 0 Å². The van der Waals surface area contributed by atoms with Crippen molar-refractivity contribution in [3.8, 4) is 11.3 Å². The van der Waals surface area contributed by atoms with Gasteiger partial charge in [-0.3, -0.25) is 4.68 Å². The maximum Gasteiger partial charge on any atom is 0.216 e. The first-order valence-electron chi connectivity index (χ1n) is 7.97. The summed E-state index contributed by atoms with van der Waals surface area (Å²) in [5.74, 6) is -0.350. The predicted molar refractivity (Wildman–Crippen MR) is 93.0 cm³/mol. The van der Waals surface area contributed by atoms with Crippen LogP contribution in [-0.4, -0.2) is 14.8 Å². The molecule has 124 valence electrons. The second-order valence-electron chi connectivity index (χ2n) is 6.21. The molecule has 0 fully saturated rings. The van der Waals surface area contributed by atoms with Gasteiger partial charge in [0.05, 0.1) is 17.4 Å². The van der Waals surface area contributed by atoms with E-state index >= 15 is 0 Å². The third-order valence-electron chi connectivity index (χ3n) is 4.20. The Bertz CT molecular complexity index is 854. The molecule has 2 aromatic heterocycles. The number of nitrogens with zero attached hydrogens (tertiary/aromatic N) is 3. The van der Waals surface area contributed by atoms with Crippen LogP contribution in [0.15, 0.2) is 48.7 Å². The third-order valence-corrected chi connectivity index (χ3v) is 4.20. The highest BCUT2D eigenvalue weighted by atomic mass is 19.1. The van der Waals surface area contributed by atoms with E-state index in [0.717, 1.165) is 16.8 Å². The summed E-state index contributed by atoms with van der Waals surface area (Å²) in [5.41, 5.74) is 10.4. The van der Waals surface area contributed by atoms with Gasteiger partial charge < -0.3 is 5.73 Å². The fraction of sp³-hybridized carbons (Fsp3) is 0.263. The number of benzene rings is 1. The summed E-state index contributed by atoms with van der Waals surface area (Å²) in [6, 6.07) is 12.9. The molecule has 2 heterocycles. The predicted octanol–water partition coefficient (Wildman–Crippen LogP) is 3.79.